The number of carbonyl (C=O) groups is 1. The molecule has 134 valence electrons. The number of nitrogens with zero attached hydrogens (tertiary/aromatic N) is 2. The molecule has 1 N–H and O–H groups in total. The zero-order valence-corrected chi connectivity index (χ0v) is 15.9. The van der Waals surface area contributed by atoms with E-state index >= 15 is 0 Å². The Balaban J connectivity index is 1.62. The van der Waals surface area contributed by atoms with Crippen molar-refractivity contribution in [3.05, 3.63) is 35.9 Å². The largest absolute Gasteiger partial charge is 0.337 e. The second kappa shape index (κ2) is 10.6. The topological polar surface area (TPSA) is 35.6 Å². The highest BCUT2D eigenvalue weighted by atomic mass is 32.2. The minimum absolute atomic E-state index is 0.105. The fraction of sp³-hybridized carbons (Fsp3) is 0.632. The first-order chi connectivity index (χ1) is 11.7. The lowest BCUT2D eigenvalue weighted by molar-refractivity contribution is 0.185. The van der Waals surface area contributed by atoms with Gasteiger partial charge in [-0.2, -0.15) is 11.8 Å². The van der Waals surface area contributed by atoms with Crippen LogP contribution in [0, 0.1) is 0 Å². The maximum absolute atomic E-state index is 12.2. The van der Waals surface area contributed by atoms with E-state index in [4.69, 9.17) is 0 Å². The number of nitrogens with one attached hydrogen (secondary N) is 1. The lowest BCUT2D eigenvalue weighted by Gasteiger charge is -2.32. The van der Waals surface area contributed by atoms with Crippen molar-refractivity contribution in [3.8, 4) is 0 Å². The summed E-state index contributed by atoms with van der Waals surface area (Å²) in [5.74, 6) is 1.07. The number of hydrogen-bond acceptors (Lipinski definition) is 3. The third-order valence-electron chi connectivity index (χ3n) is 4.66. The molecule has 0 saturated carbocycles. The lowest BCUT2D eigenvalue weighted by atomic mass is 10.1. The standard InChI is InChI=1S/C19H31N3OS/c1-3-21(4-2)15-12-20-19(23)22-13-10-18(11-14-22)24-16-17-8-6-5-7-9-17/h5-9,18H,3-4,10-16H2,1-2H3,(H,20,23). The molecule has 0 spiro atoms. The van der Waals surface area contributed by atoms with Gasteiger partial charge in [0.25, 0.3) is 0 Å². The summed E-state index contributed by atoms with van der Waals surface area (Å²) in [6.07, 6.45) is 2.20. The third-order valence-corrected chi connectivity index (χ3v) is 6.10. The molecule has 24 heavy (non-hydrogen) atoms. The van der Waals surface area contributed by atoms with Crippen molar-refractivity contribution in [3.63, 3.8) is 0 Å². The first-order valence-corrected chi connectivity index (χ1v) is 10.2. The second-order valence-electron chi connectivity index (χ2n) is 6.24. The highest BCUT2D eigenvalue weighted by molar-refractivity contribution is 7.99. The predicted octanol–water partition coefficient (Wildman–Crippen LogP) is 3.44. The van der Waals surface area contributed by atoms with Crippen molar-refractivity contribution in [2.45, 2.75) is 37.7 Å². The fourth-order valence-corrected chi connectivity index (χ4v) is 4.15. The molecule has 1 fully saturated rings. The number of carbonyl (C=O) groups excluding carboxylic acids is 1. The van der Waals surface area contributed by atoms with Crippen LogP contribution in [0.2, 0.25) is 0 Å². The van der Waals surface area contributed by atoms with Crippen LogP contribution in [0.5, 0.6) is 0 Å². The molecule has 0 atom stereocenters. The summed E-state index contributed by atoms with van der Waals surface area (Å²) in [7, 11) is 0. The van der Waals surface area contributed by atoms with Gasteiger partial charge in [-0.3, -0.25) is 0 Å². The molecule has 2 amide bonds. The number of likely N-dealkylation sites (N-methyl/N-ethyl adjacent to an activating group) is 1. The molecule has 0 radical (unpaired) electrons. The van der Waals surface area contributed by atoms with Crippen LogP contribution in [0.4, 0.5) is 4.79 Å². The number of thioether (sulfide) groups is 1. The van der Waals surface area contributed by atoms with Gasteiger partial charge in [0.15, 0.2) is 0 Å². The SMILES string of the molecule is CCN(CC)CCNC(=O)N1CCC(SCc2ccccc2)CC1. The molecule has 0 aromatic heterocycles. The monoisotopic (exact) mass is 349 g/mol. The van der Waals surface area contributed by atoms with Crippen LogP contribution >= 0.6 is 11.8 Å². The van der Waals surface area contributed by atoms with E-state index in [1.165, 1.54) is 5.56 Å². The predicted molar refractivity (Wildman–Crippen MR) is 104 cm³/mol. The molecule has 1 aliphatic heterocycles. The van der Waals surface area contributed by atoms with Gasteiger partial charge >= 0.3 is 6.03 Å². The summed E-state index contributed by atoms with van der Waals surface area (Å²) in [4.78, 5) is 16.5. The Morgan fingerprint density at radius 2 is 1.88 bits per heavy atom. The minimum atomic E-state index is 0.105. The Morgan fingerprint density at radius 3 is 2.50 bits per heavy atom. The van der Waals surface area contributed by atoms with Crippen LogP contribution in [-0.2, 0) is 5.75 Å². The van der Waals surface area contributed by atoms with Gasteiger partial charge in [-0.15, -0.1) is 0 Å². The van der Waals surface area contributed by atoms with Crippen molar-refractivity contribution in [1.29, 1.82) is 0 Å². The van der Waals surface area contributed by atoms with Gasteiger partial charge in [-0.25, -0.2) is 4.79 Å². The number of piperidine rings is 1. The third kappa shape index (κ3) is 6.36. The molecule has 1 saturated heterocycles. The number of hydrogen-bond donors (Lipinski definition) is 1. The number of benzene rings is 1. The summed E-state index contributed by atoms with van der Waals surface area (Å²) in [6.45, 7) is 9.82. The number of likely N-dealkylation sites (tertiary alicyclic amines) is 1. The van der Waals surface area contributed by atoms with Crippen molar-refractivity contribution < 1.29 is 4.79 Å². The van der Waals surface area contributed by atoms with E-state index in [0.29, 0.717) is 5.25 Å². The molecule has 1 heterocycles. The zero-order valence-electron chi connectivity index (χ0n) is 15.0. The van der Waals surface area contributed by atoms with E-state index < -0.39 is 0 Å². The van der Waals surface area contributed by atoms with E-state index in [0.717, 1.165) is 57.9 Å². The molecule has 2 rings (SSSR count). The number of rotatable bonds is 8. The Hall–Kier alpha value is -1.20. The first-order valence-electron chi connectivity index (χ1n) is 9.13. The van der Waals surface area contributed by atoms with E-state index in [9.17, 15) is 4.79 Å². The molecule has 5 heteroatoms. The maximum Gasteiger partial charge on any atom is 0.317 e. The summed E-state index contributed by atoms with van der Waals surface area (Å²) in [5, 5.41) is 3.73. The van der Waals surface area contributed by atoms with Crippen molar-refractivity contribution >= 4 is 17.8 Å². The van der Waals surface area contributed by atoms with Gasteiger partial charge in [-0.05, 0) is 31.5 Å². The molecule has 1 aliphatic rings. The lowest BCUT2D eigenvalue weighted by Crippen LogP contribution is -2.46. The Bertz CT molecular complexity index is 471. The molecule has 1 aromatic carbocycles. The Kier molecular flexibility index (Phi) is 8.47. The van der Waals surface area contributed by atoms with Gasteiger partial charge < -0.3 is 15.1 Å². The highest BCUT2D eigenvalue weighted by Crippen LogP contribution is 2.26. The Labute approximate surface area is 151 Å². The fourth-order valence-electron chi connectivity index (χ4n) is 2.99. The van der Waals surface area contributed by atoms with Crippen molar-refractivity contribution in [2.75, 3.05) is 39.3 Å². The quantitative estimate of drug-likeness (QED) is 0.781. The average molecular weight is 350 g/mol. The van der Waals surface area contributed by atoms with Crippen LogP contribution in [0.3, 0.4) is 0 Å². The number of urea groups is 1. The second-order valence-corrected chi connectivity index (χ2v) is 7.53. The highest BCUT2D eigenvalue weighted by Gasteiger charge is 2.22. The van der Waals surface area contributed by atoms with Gasteiger partial charge in [0.05, 0.1) is 0 Å². The van der Waals surface area contributed by atoms with Gasteiger partial charge in [0, 0.05) is 37.2 Å². The Morgan fingerprint density at radius 1 is 1.21 bits per heavy atom. The van der Waals surface area contributed by atoms with Crippen LogP contribution < -0.4 is 5.32 Å². The van der Waals surface area contributed by atoms with Crippen LogP contribution in [0.1, 0.15) is 32.3 Å². The van der Waals surface area contributed by atoms with Gasteiger partial charge in [-0.1, -0.05) is 44.2 Å². The van der Waals surface area contributed by atoms with Crippen LogP contribution in [0.15, 0.2) is 30.3 Å². The van der Waals surface area contributed by atoms with E-state index in [1.54, 1.807) is 0 Å². The molecule has 0 bridgehead atoms. The smallest absolute Gasteiger partial charge is 0.317 e. The maximum atomic E-state index is 12.2. The summed E-state index contributed by atoms with van der Waals surface area (Å²) in [5.41, 5.74) is 1.39. The number of amides is 2. The summed E-state index contributed by atoms with van der Waals surface area (Å²) < 4.78 is 0. The van der Waals surface area contributed by atoms with Gasteiger partial charge in [0.1, 0.15) is 0 Å². The van der Waals surface area contributed by atoms with Gasteiger partial charge in [0.2, 0.25) is 0 Å². The molecule has 1 aromatic rings. The molecular formula is C19H31N3OS. The van der Waals surface area contributed by atoms with Crippen LogP contribution in [-0.4, -0.2) is 60.3 Å². The van der Waals surface area contributed by atoms with E-state index in [2.05, 4.69) is 54.4 Å². The van der Waals surface area contributed by atoms with E-state index in [-0.39, 0.29) is 6.03 Å². The molecule has 0 unspecified atom stereocenters. The molecule has 0 aliphatic carbocycles. The van der Waals surface area contributed by atoms with Crippen molar-refractivity contribution in [1.82, 2.24) is 15.1 Å². The average Bonchev–Trinajstić information content (AvgIpc) is 2.64. The summed E-state index contributed by atoms with van der Waals surface area (Å²) >= 11 is 2.03. The zero-order chi connectivity index (χ0) is 17.2. The molecular weight excluding hydrogens is 318 g/mol. The first kappa shape index (κ1) is 19.1. The normalized spacial score (nSPS) is 15.7. The minimum Gasteiger partial charge on any atom is -0.337 e. The van der Waals surface area contributed by atoms with Crippen LogP contribution in [0.25, 0.3) is 0 Å². The summed E-state index contributed by atoms with van der Waals surface area (Å²) in [6, 6.07) is 10.7. The van der Waals surface area contributed by atoms with Crippen molar-refractivity contribution in [2.24, 2.45) is 0 Å². The molecule has 4 nitrogen and oxygen atoms in total. The van der Waals surface area contributed by atoms with E-state index in [1.807, 2.05) is 16.7 Å².